The van der Waals surface area contributed by atoms with Crippen LogP contribution >= 0.6 is 12.4 Å². The van der Waals surface area contributed by atoms with Gasteiger partial charge >= 0.3 is 0 Å². The van der Waals surface area contributed by atoms with E-state index in [0.717, 1.165) is 24.2 Å². The molecule has 2 aliphatic heterocycles. The molecular weight excluding hydrogens is 302 g/mol. The number of nitrogens with one attached hydrogen (secondary N) is 1. The molecule has 0 aliphatic carbocycles. The molecule has 120 valence electrons. The Hall–Kier alpha value is -1.59. The van der Waals surface area contributed by atoms with Crippen LogP contribution in [0.25, 0.3) is 0 Å². The van der Waals surface area contributed by atoms with Crippen molar-refractivity contribution in [1.82, 2.24) is 15.1 Å². The summed E-state index contributed by atoms with van der Waals surface area (Å²) in [7, 11) is 0. The number of halogens is 1. The highest BCUT2D eigenvalue weighted by Gasteiger charge is 2.32. The van der Waals surface area contributed by atoms with Crippen LogP contribution < -0.4 is 5.32 Å². The lowest BCUT2D eigenvalue weighted by Crippen LogP contribution is -2.57. The zero-order valence-electron chi connectivity index (χ0n) is 12.7. The van der Waals surface area contributed by atoms with Crippen molar-refractivity contribution < 1.29 is 9.59 Å². The van der Waals surface area contributed by atoms with Crippen molar-refractivity contribution in [2.24, 2.45) is 5.92 Å². The van der Waals surface area contributed by atoms with E-state index < -0.39 is 0 Å². The van der Waals surface area contributed by atoms with Gasteiger partial charge in [0, 0.05) is 44.8 Å². The Bertz CT molecular complexity index is 535. The van der Waals surface area contributed by atoms with E-state index in [1.807, 2.05) is 41.0 Å². The van der Waals surface area contributed by atoms with Crippen molar-refractivity contribution in [3.8, 4) is 0 Å². The largest absolute Gasteiger partial charge is 0.339 e. The van der Waals surface area contributed by atoms with Gasteiger partial charge in [-0.25, -0.2) is 0 Å². The summed E-state index contributed by atoms with van der Waals surface area (Å²) in [5.41, 5.74) is 1.87. The van der Waals surface area contributed by atoms with Gasteiger partial charge in [-0.15, -0.1) is 12.4 Å². The average Bonchev–Trinajstić information content (AvgIpc) is 2.46. The highest BCUT2D eigenvalue weighted by atomic mass is 35.5. The molecule has 2 fully saturated rings. The van der Waals surface area contributed by atoms with Gasteiger partial charge in [0.25, 0.3) is 5.91 Å². The number of nitrogens with zero attached hydrogens (tertiary/aromatic N) is 2. The maximum Gasteiger partial charge on any atom is 0.253 e. The molecule has 2 amide bonds. The summed E-state index contributed by atoms with van der Waals surface area (Å²) in [5, 5.41) is 3.12. The van der Waals surface area contributed by atoms with Crippen LogP contribution in [0.5, 0.6) is 0 Å². The van der Waals surface area contributed by atoms with Crippen molar-refractivity contribution in [3.63, 3.8) is 0 Å². The second-order valence-electron chi connectivity index (χ2n) is 5.84. The van der Waals surface area contributed by atoms with Crippen LogP contribution in [0, 0.1) is 12.8 Å². The Kier molecular flexibility index (Phi) is 5.42. The van der Waals surface area contributed by atoms with Gasteiger partial charge in [0.15, 0.2) is 0 Å². The Balaban J connectivity index is 0.00000176. The van der Waals surface area contributed by atoms with E-state index in [9.17, 15) is 9.59 Å². The molecule has 1 aromatic carbocycles. The SMILES string of the molecule is Cc1ccc(C(=O)N2CCN(C(=O)C3CNC3)CC2)cc1.Cl. The van der Waals surface area contributed by atoms with Crippen LogP contribution in [0.1, 0.15) is 15.9 Å². The first-order chi connectivity index (χ1) is 10.1. The first kappa shape index (κ1) is 16.8. The minimum atomic E-state index is 0. The molecular formula is C16H22ClN3O2. The summed E-state index contributed by atoms with van der Waals surface area (Å²) >= 11 is 0. The first-order valence-electron chi connectivity index (χ1n) is 7.50. The molecule has 1 N–H and O–H groups in total. The fraction of sp³-hybridized carbons (Fsp3) is 0.500. The number of benzene rings is 1. The Morgan fingerprint density at radius 2 is 1.55 bits per heavy atom. The molecule has 0 radical (unpaired) electrons. The maximum atomic E-state index is 12.4. The zero-order valence-corrected chi connectivity index (χ0v) is 13.6. The molecule has 0 unspecified atom stereocenters. The van der Waals surface area contributed by atoms with Crippen molar-refractivity contribution in [3.05, 3.63) is 35.4 Å². The number of hydrogen-bond acceptors (Lipinski definition) is 3. The normalized spacial score (nSPS) is 18.4. The third-order valence-electron chi connectivity index (χ3n) is 4.31. The lowest BCUT2D eigenvalue weighted by atomic mass is 10.0. The van der Waals surface area contributed by atoms with E-state index in [1.54, 1.807) is 0 Å². The molecule has 0 atom stereocenters. The van der Waals surface area contributed by atoms with E-state index in [-0.39, 0.29) is 30.1 Å². The van der Waals surface area contributed by atoms with Crippen molar-refractivity contribution in [1.29, 1.82) is 0 Å². The van der Waals surface area contributed by atoms with Gasteiger partial charge in [-0.1, -0.05) is 17.7 Å². The highest BCUT2D eigenvalue weighted by molar-refractivity contribution is 5.94. The summed E-state index contributed by atoms with van der Waals surface area (Å²) in [6, 6.07) is 7.65. The predicted octanol–water partition coefficient (Wildman–Crippen LogP) is 0.921. The quantitative estimate of drug-likeness (QED) is 0.880. The number of aryl methyl sites for hydroxylation is 1. The van der Waals surface area contributed by atoms with Crippen LogP contribution in [0.2, 0.25) is 0 Å². The topological polar surface area (TPSA) is 52.7 Å². The third kappa shape index (κ3) is 3.42. The van der Waals surface area contributed by atoms with E-state index in [2.05, 4.69) is 5.32 Å². The summed E-state index contributed by atoms with van der Waals surface area (Å²) in [4.78, 5) is 28.3. The summed E-state index contributed by atoms with van der Waals surface area (Å²) in [6.07, 6.45) is 0. The minimum Gasteiger partial charge on any atom is -0.339 e. The molecule has 5 nitrogen and oxygen atoms in total. The molecule has 0 spiro atoms. The number of hydrogen-bond donors (Lipinski definition) is 1. The van der Waals surface area contributed by atoms with E-state index in [0.29, 0.717) is 26.2 Å². The Morgan fingerprint density at radius 3 is 2.05 bits per heavy atom. The van der Waals surface area contributed by atoms with Crippen LogP contribution in [-0.2, 0) is 4.79 Å². The van der Waals surface area contributed by atoms with Crippen LogP contribution in [-0.4, -0.2) is 60.9 Å². The summed E-state index contributed by atoms with van der Waals surface area (Å²) in [6.45, 7) is 6.13. The van der Waals surface area contributed by atoms with Gasteiger partial charge in [-0.3, -0.25) is 9.59 Å². The van der Waals surface area contributed by atoms with Crippen molar-refractivity contribution in [2.45, 2.75) is 6.92 Å². The molecule has 0 bridgehead atoms. The van der Waals surface area contributed by atoms with Crippen LogP contribution in [0.15, 0.2) is 24.3 Å². The van der Waals surface area contributed by atoms with Gasteiger partial charge < -0.3 is 15.1 Å². The molecule has 2 aliphatic rings. The van der Waals surface area contributed by atoms with Gasteiger partial charge in [-0.05, 0) is 19.1 Å². The predicted molar refractivity (Wildman–Crippen MR) is 87.3 cm³/mol. The number of rotatable bonds is 2. The highest BCUT2D eigenvalue weighted by Crippen LogP contribution is 2.13. The second-order valence-corrected chi connectivity index (χ2v) is 5.84. The monoisotopic (exact) mass is 323 g/mol. The van der Waals surface area contributed by atoms with Crippen LogP contribution in [0.4, 0.5) is 0 Å². The molecule has 2 heterocycles. The fourth-order valence-corrected chi connectivity index (χ4v) is 2.73. The minimum absolute atomic E-state index is 0. The van der Waals surface area contributed by atoms with Crippen molar-refractivity contribution in [2.75, 3.05) is 39.3 Å². The first-order valence-corrected chi connectivity index (χ1v) is 7.50. The summed E-state index contributed by atoms with van der Waals surface area (Å²) in [5.74, 6) is 0.438. The van der Waals surface area contributed by atoms with Crippen LogP contribution in [0.3, 0.4) is 0 Å². The molecule has 3 rings (SSSR count). The standard InChI is InChI=1S/C16H21N3O2.ClH/c1-12-2-4-13(5-3-12)15(20)18-6-8-19(9-7-18)16(21)14-10-17-11-14;/h2-5,14,17H,6-11H2,1H3;1H. The lowest BCUT2D eigenvalue weighted by Gasteiger charge is -2.38. The molecule has 0 saturated carbocycles. The lowest BCUT2D eigenvalue weighted by molar-refractivity contribution is -0.138. The van der Waals surface area contributed by atoms with Gasteiger partial charge in [0.1, 0.15) is 0 Å². The molecule has 6 heteroatoms. The van der Waals surface area contributed by atoms with Gasteiger partial charge in [-0.2, -0.15) is 0 Å². The second kappa shape index (κ2) is 7.11. The number of piperazine rings is 1. The Labute approximate surface area is 137 Å². The van der Waals surface area contributed by atoms with E-state index in [4.69, 9.17) is 0 Å². The average molecular weight is 324 g/mol. The summed E-state index contributed by atoms with van der Waals surface area (Å²) < 4.78 is 0. The van der Waals surface area contributed by atoms with Gasteiger partial charge in [0.05, 0.1) is 5.92 Å². The number of carbonyl (C=O) groups is 2. The molecule has 22 heavy (non-hydrogen) atoms. The fourth-order valence-electron chi connectivity index (χ4n) is 2.73. The molecule has 1 aromatic rings. The third-order valence-corrected chi connectivity index (χ3v) is 4.31. The Morgan fingerprint density at radius 1 is 1.00 bits per heavy atom. The van der Waals surface area contributed by atoms with E-state index >= 15 is 0 Å². The van der Waals surface area contributed by atoms with Gasteiger partial charge in [0.2, 0.25) is 5.91 Å². The maximum absolute atomic E-state index is 12.4. The molecule has 0 aromatic heterocycles. The number of carbonyl (C=O) groups excluding carboxylic acids is 2. The molecule has 2 saturated heterocycles. The van der Waals surface area contributed by atoms with E-state index in [1.165, 1.54) is 0 Å². The number of amides is 2. The smallest absolute Gasteiger partial charge is 0.253 e. The zero-order chi connectivity index (χ0) is 14.8. The van der Waals surface area contributed by atoms with Crippen molar-refractivity contribution >= 4 is 24.2 Å².